The number of carbonyl (C=O) groups is 1. The Kier molecular flexibility index (Phi) is 3.94. The molecule has 0 bridgehead atoms. The molecule has 1 aliphatic carbocycles. The van der Waals surface area contributed by atoms with Gasteiger partial charge in [-0.05, 0) is 47.4 Å². The van der Waals surface area contributed by atoms with E-state index in [4.69, 9.17) is 0 Å². The van der Waals surface area contributed by atoms with Crippen LogP contribution < -0.4 is 0 Å². The number of benzene rings is 1. The fraction of sp³-hybridized carbons (Fsp3) is 0.312. The molecule has 1 aromatic heterocycles. The zero-order chi connectivity index (χ0) is 13.9. The molecule has 0 N–H and O–H groups in total. The van der Waals surface area contributed by atoms with Crippen LogP contribution in [0, 0.1) is 5.82 Å². The molecule has 2 aromatic rings. The minimum atomic E-state index is -0.427. The predicted octanol–water partition coefficient (Wildman–Crippen LogP) is 3.73. The first-order chi connectivity index (χ1) is 9.74. The van der Waals surface area contributed by atoms with Crippen molar-refractivity contribution in [1.82, 2.24) is 4.90 Å². The molecule has 2 nitrogen and oxygen atoms in total. The van der Waals surface area contributed by atoms with Crippen molar-refractivity contribution < 1.29 is 9.18 Å². The number of hydrogen-bond donors (Lipinski definition) is 0. The quantitative estimate of drug-likeness (QED) is 0.755. The summed E-state index contributed by atoms with van der Waals surface area (Å²) in [6.45, 7) is 1.07. The molecule has 3 rings (SSSR count). The summed E-state index contributed by atoms with van der Waals surface area (Å²) < 4.78 is 13.6. The van der Waals surface area contributed by atoms with E-state index in [2.05, 4.69) is 16.3 Å². The van der Waals surface area contributed by atoms with E-state index in [-0.39, 0.29) is 11.3 Å². The van der Waals surface area contributed by atoms with Crippen LogP contribution in [0.25, 0.3) is 0 Å². The molecule has 1 aromatic carbocycles. The molecule has 0 aliphatic heterocycles. The molecule has 0 atom stereocenters. The van der Waals surface area contributed by atoms with Crippen molar-refractivity contribution >= 4 is 17.1 Å². The van der Waals surface area contributed by atoms with Crippen molar-refractivity contribution in [3.05, 3.63) is 58.0 Å². The number of ketones is 1. The van der Waals surface area contributed by atoms with Crippen molar-refractivity contribution in [3.63, 3.8) is 0 Å². The van der Waals surface area contributed by atoms with Crippen molar-refractivity contribution in [3.8, 4) is 0 Å². The Bertz CT molecular complexity index is 592. The zero-order valence-corrected chi connectivity index (χ0v) is 11.9. The Morgan fingerprint density at radius 1 is 1.30 bits per heavy atom. The predicted molar refractivity (Wildman–Crippen MR) is 78.5 cm³/mol. The molecule has 20 heavy (non-hydrogen) atoms. The Morgan fingerprint density at radius 3 is 2.75 bits per heavy atom. The van der Waals surface area contributed by atoms with Gasteiger partial charge in [-0.1, -0.05) is 12.1 Å². The second-order valence-electron chi connectivity index (χ2n) is 5.17. The minimum absolute atomic E-state index is 0.134. The average molecular weight is 289 g/mol. The summed E-state index contributed by atoms with van der Waals surface area (Å²) in [5, 5.41) is 4.14. The largest absolute Gasteiger partial charge is 0.293 e. The Balaban J connectivity index is 1.70. The highest BCUT2D eigenvalue weighted by atomic mass is 32.1. The first-order valence-corrected chi connectivity index (χ1v) is 7.71. The van der Waals surface area contributed by atoms with Crippen molar-refractivity contribution in [1.29, 1.82) is 0 Å². The van der Waals surface area contributed by atoms with Crippen LogP contribution in [-0.2, 0) is 6.54 Å². The highest BCUT2D eigenvalue weighted by Gasteiger charge is 2.30. The highest BCUT2D eigenvalue weighted by Crippen LogP contribution is 2.29. The summed E-state index contributed by atoms with van der Waals surface area (Å²) in [7, 11) is 0. The van der Waals surface area contributed by atoms with Crippen LogP contribution in [0.2, 0.25) is 0 Å². The third kappa shape index (κ3) is 3.14. The van der Waals surface area contributed by atoms with Gasteiger partial charge in [-0.25, -0.2) is 4.39 Å². The summed E-state index contributed by atoms with van der Waals surface area (Å²) in [5.41, 5.74) is 1.42. The van der Waals surface area contributed by atoms with Crippen LogP contribution in [0.1, 0.15) is 28.8 Å². The normalized spacial score (nSPS) is 14.7. The molecule has 0 amide bonds. The Labute approximate surface area is 121 Å². The molecule has 0 saturated heterocycles. The van der Waals surface area contributed by atoms with Gasteiger partial charge in [0.2, 0.25) is 0 Å². The van der Waals surface area contributed by atoms with Crippen LogP contribution in [0.5, 0.6) is 0 Å². The van der Waals surface area contributed by atoms with E-state index in [0.717, 1.165) is 19.4 Å². The smallest absolute Gasteiger partial charge is 0.179 e. The maximum atomic E-state index is 13.6. The number of halogens is 1. The number of thiophene rings is 1. The molecule has 0 spiro atoms. The van der Waals surface area contributed by atoms with E-state index in [9.17, 15) is 9.18 Å². The van der Waals surface area contributed by atoms with Crippen LogP contribution in [-0.4, -0.2) is 23.3 Å². The number of carbonyl (C=O) groups excluding carboxylic acids is 1. The second-order valence-corrected chi connectivity index (χ2v) is 5.95. The first-order valence-electron chi connectivity index (χ1n) is 6.77. The van der Waals surface area contributed by atoms with Gasteiger partial charge in [-0.2, -0.15) is 11.3 Å². The maximum Gasteiger partial charge on any atom is 0.179 e. The third-order valence-electron chi connectivity index (χ3n) is 3.55. The zero-order valence-electron chi connectivity index (χ0n) is 11.1. The number of rotatable bonds is 6. The molecule has 104 valence electrons. The lowest BCUT2D eigenvalue weighted by atomic mass is 10.1. The lowest BCUT2D eigenvalue weighted by Crippen LogP contribution is -2.31. The Morgan fingerprint density at radius 2 is 2.10 bits per heavy atom. The van der Waals surface area contributed by atoms with Gasteiger partial charge in [0.1, 0.15) is 5.82 Å². The van der Waals surface area contributed by atoms with Crippen molar-refractivity contribution in [2.24, 2.45) is 0 Å². The third-order valence-corrected chi connectivity index (χ3v) is 4.28. The number of hydrogen-bond acceptors (Lipinski definition) is 3. The van der Waals surface area contributed by atoms with Crippen LogP contribution in [0.3, 0.4) is 0 Å². The van der Waals surface area contributed by atoms with Gasteiger partial charge in [0, 0.05) is 12.6 Å². The SMILES string of the molecule is O=C(CN(Cc1ccsc1)C1CC1)c1ccccc1F. The summed E-state index contributed by atoms with van der Waals surface area (Å²) in [4.78, 5) is 14.4. The molecular formula is C16H16FNOS. The van der Waals surface area contributed by atoms with Gasteiger partial charge in [0.25, 0.3) is 0 Å². The molecule has 1 aliphatic rings. The van der Waals surface area contributed by atoms with Gasteiger partial charge in [-0.15, -0.1) is 0 Å². The summed E-state index contributed by atoms with van der Waals surface area (Å²) in [5.74, 6) is -0.561. The maximum absolute atomic E-state index is 13.6. The molecule has 1 heterocycles. The Hall–Kier alpha value is -1.52. The monoisotopic (exact) mass is 289 g/mol. The van der Waals surface area contributed by atoms with E-state index >= 15 is 0 Å². The fourth-order valence-corrected chi connectivity index (χ4v) is 2.99. The molecule has 0 unspecified atom stereocenters. The van der Waals surface area contributed by atoms with E-state index in [1.165, 1.54) is 11.6 Å². The second kappa shape index (κ2) is 5.85. The molecule has 1 saturated carbocycles. The van der Waals surface area contributed by atoms with Crippen LogP contribution in [0.15, 0.2) is 41.1 Å². The van der Waals surface area contributed by atoms with Crippen molar-refractivity contribution in [2.45, 2.75) is 25.4 Å². The van der Waals surface area contributed by atoms with Gasteiger partial charge in [0.05, 0.1) is 12.1 Å². The van der Waals surface area contributed by atoms with E-state index in [0.29, 0.717) is 12.6 Å². The van der Waals surface area contributed by atoms with Gasteiger partial charge >= 0.3 is 0 Å². The fourth-order valence-electron chi connectivity index (χ4n) is 2.33. The highest BCUT2D eigenvalue weighted by molar-refractivity contribution is 7.07. The molecular weight excluding hydrogens is 273 g/mol. The number of nitrogens with zero attached hydrogens (tertiary/aromatic N) is 1. The summed E-state index contributed by atoms with van der Waals surface area (Å²) in [6, 6.07) is 8.77. The van der Waals surface area contributed by atoms with Crippen LogP contribution in [0.4, 0.5) is 4.39 Å². The summed E-state index contributed by atoms with van der Waals surface area (Å²) >= 11 is 1.66. The standard InChI is InChI=1S/C16H16FNOS/c17-15-4-2-1-3-14(15)16(19)10-18(13-5-6-13)9-12-7-8-20-11-12/h1-4,7-8,11,13H,5-6,9-10H2. The van der Waals surface area contributed by atoms with E-state index < -0.39 is 5.82 Å². The molecule has 4 heteroatoms. The van der Waals surface area contributed by atoms with Gasteiger partial charge < -0.3 is 0 Å². The lowest BCUT2D eigenvalue weighted by Gasteiger charge is -2.20. The first kappa shape index (κ1) is 13.5. The van der Waals surface area contributed by atoms with Gasteiger partial charge in [-0.3, -0.25) is 9.69 Å². The lowest BCUT2D eigenvalue weighted by molar-refractivity contribution is 0.0915. The topological polar surface area (TPSA) is 20.3 Å². The van der Waals surface area contributed by atoms with E-state index in [1.807, 2.05) is 5.38 Å². The molecule has 1 fully saturated rings. The minimum Gasteiger partial charge on any atom is -0.293 e. The van der Waals surface area contributed by atoms with Crippen molar-refractivity contribution in [2.75, 3.05) is 6.54 Å². The average Bonchev–Trinajstić information content (AvgIpc) is 3.17. The molecule has 0 radical (unpaired) electrons. The van der Waals surface area contributed by atoms with Gasteiger partial charge in [0.15, 0.2) is 5.78 Å². The van der Waals surface area contributed by atoms with Crippen LogP contribution >= 0.6 is 11.3 Å². The summed E-state index contributed by atoms with van der Waals surface area (Å²) in [6.07, 6.45) is 2.27. The number of Topliss-reactive ketones (excluding diaryl/α,β-unsaturated/α-hetero) is 1. The van der Waals surface area contributed by atoms with E-state index in [1.54, 1.807) is 29.5 Å².